The van der Waals surface area contributed by atoms with Gasteiger partial charge in [0.2, 0.25) is 0 Å². The quantitative estimate of drug-likeness (QED) is 0.733. The Balaban J connectivity index is 1.69. The van der Waals surface area contributed by atoms with Gasteiger partial charge in [0.1, 0.15) is 0 Å². The van der Waals surface area contributed by atoms with Gasteiger partial charge in [0.25, 0.3) is 5.91 Å². The van der Waals surface area contributed by atoms with Crippen LogP contribution in [0.5, 0.6) is 0 Å². The van der Waals surface area contributed by atoms with Crippen LogP contribution in [-0.2, 0) is 16.1 Å². The summed E-state index contributed by atoms with van der Waals surface area (Å²) in [7, 11) is 0. The Morgan fingerprint density at radius 1 is 1.21 bits per heavy atom. The lowest BCUT2D eigenvalue weighted by atomic mass is 10.2. The Morgan fingerprint density at radius 3 is 2.67 bits per heavy atom. The number of hydrogen-bond donors (Lipinski definition) is 0. The third-order valence-electron chi connectivity index (χ3n) is 4.20. The fourth-order valence-electron chi connectivity index (χ4n) is 2.85. The lowest BCUT2D eigenvalue weighted by Crippen LogP contribution is -2.33. The number of carbonyl (C=O) groups excluding carboxylic acids is 2. The van der Waals surface area contributed by atoms with Crippen LogP contribution in [0.1, 0.15) is 29.5 Å². The molecule has 126 valence electrons. The van der Waals surface area contributed by atoms with E-state index in [1.165, 1.54) is 6.26 Å². The van der Waals surface area contributed by atoms with Gasteiger partial charge in [0.15, 0.2) is 5.76 Å². The van der Waals surface area contributed by atoms with Gasteiger partial charge < -0.3 is 14.1 Å². The number of ether oxygens (including phenoxy) is 1. The smallest absolute Gasteiger partial charge is 0.309 e. The molecule has 0 N–H and O–H groups in total. The van der Waals surface area contributed by atoms with Crippen LogP contribution in [0.25, 0.3) is 0 Å². The number of hydrogen-bond acceptors (Lipinski definition) is 4. The molecule has 24 heavy (non-hydrogen) atoms. The molecule has 1 aliphatic carbocycles. The van der Waals surface area contributed by atoms with Crippen molar-refractivity contribution in [3.8, 4) is 0 Å². The molecule has 1 heterocycles. The molecule has 2 aromatic rings. The maximum absolute atomic E-state index is 12.7. The van der Waals surface area contributed by atoms with E-state index in [4.69, 9.17) is 9.15 Å². The van der Waals surface area contributed by atoms with Crippen molar-refractivity contribution in [2.24, 2.45) is 11.8 Å². The molecular formula is C19H21NO4. The van der Waals surface area contributed by atoms with Crippen molar-refractivity contribution in [2.45, 2.75) is 19.9 Å². The van der Waals surface area contributed by atoms with Gasteiger partial charge in [-0.25, -0.2) is 0 Å². The number of amides is 1. The average Bonchev–Trinajstić information content (AvgIpc) is 3.15. The minimum atomic E-state index is -0.160. The molecule has 1 amide bonds. The number of benzene rings is 1. The van der Waals surface area contributed by atoms with Crippen molar-refractivity contribution in [3.63, 3.8) is 0 Å². The Kier molecular flexibility index (Phi) is 4.99. The first kappa shape index (κ1) is 16.3. The van der Waals surface area contributed by atoms with Crippen molar-refractivity contribution in [2.75, 3.05) is 13.2 Å². The van der Waals surface area contributed by atoms with Crippen LogP contribution in [0.4, 0.5) is 0 Å². The van der Waals surface area contributed by atoms with E-state index < -0.39 is 0 Å². The van der Waals surface area contributed by atoms with Crippen molar-refractivity contribution >= 4 is 11.9 Å². The SMILES string of the molecule is CCOC(=O)C1CC1CN(Cc1ccccc1)C(=O)c1ccco1. The molecule has 1 fully saturated rings. The zero-order valence-electron chi connectivity index (χ0n) is 13.7. The van der Waals surface area contributed by atoms with Gasteiger partial charge in [-0.05, 0) is 37.0 Å². The van der Waals surface area contributed by atoms with E-state index in [2.05, 4.69) is 0 Å². The first-order valence-electron chi connectivity index (χ1n) is 8.22. The summed E-state index contributed by atoms with van der Waals surface area (Å²) < 4.78 is 10.3. The van der Waals surface area contributed by atoms with Crippen LogP contribution in [0.2, 0.25) is 0 Å². The van der Waals surface area contributed by atoms with Crippen LogP contribution >= 0.6 is 0 Å². The predicted molar refractivity (Wildman–Crippen MR) is 88.1 cm³/mol. The minimum Gasteiger partial charge on any atom is -0.466 e. The maximum Gasteiger partial charge on any atom is 0.309 e. The van der Waals surface area contributed by atoms with E-state index in [-0.39, 0.29) is 23.7 Å². The molecule has 2 atom stereocenters. The molecule has 0 aliphatic heterocycles. The summed E-state index contributed by atoms with van der Waals surface area (Å²) in [6.07, 6.45) is 2.27. The first-order valence-corrected chi connectivity index (χ1v) is 8.22. The van der Waals surface area contributed by atoms with E-state index in [1.54, 1.807) is 24.0 Å². The van der Waals surface area contributed by atoms with Gasteiger partial charge >= 0.3 is 5.97 Å². The van der Waals surface area contributed by atoms with Gasteiger partial charge in [-0.15, -0.1) is 0 Å². The largest absolute Gasteiger partial charge is 0.466 e. The number of rotatable bonds is 7. The predicted octanol–water partition coefficient (Wildman–Crippen LogP) is 3.12. The van der Waals surface area contributed by atoms with Crippen molar-refractivity contribution in [1.29, 1.82) is 0 Å². The maximum atomic E-state index is 12.7. The molecule has 2 unspecified atom stereocenters. The summed E-state index contributed by atoms with van der Waals surface area (Å²) in [5.41, 5.74) is 1.05. The molecule has 5 nitrogen and oxygen atoms in total. The summed E-state index contributed by atoms with van der Waals surface area (Å²) in [5, 5.41) is 0. The molecule has 0 radical (unpaired) electrons. The summed E-state index contributed by atoms with van der Waals surface area (Å²) >= 11 is 0. The minimum absolute atomic E-state index is 0.0902. The van der Waals surface area contributed by atoms with Gasteiger partial charge in [0.05, 0.1) is 18.8 Å². The number of carbonyl (C=O) groups is 2. The summed E-state index contributed by atoms with van der Waals surface area (Å²) in [4.78, 5) is 26.2. The van der Waals surface area contributed by atoms with Crippen LogP contribution in [-0.4, -0.2) is 29.9 Å². The molecule has 3 rings (SSSR count). The lowest BCUT2D eigenvalue weighted by molar-refractivity contribution is -0.145. The normalized spacial score (nSPS) is 18.9. The Bertz CT molecular complexity index is 681. The summed E-state index contributed by atoms with van der Waals surface area (Å²) in [6, 6.07) is 13.2. The molecule has 1 aromatic carbocycles. The van der Waals surface area contributed by atoms with Crippen molar-refractivity contribution in [1.82, 2.24) is 4.90 Å². The van der Waals surface area contributed by atoms with E-state index in [0.717, 1.165) is 12.0 Å². The molecule has 1 aromatic heterocycles. The highest BCUT2D eigenvalue weighted by molar-refractivity contribution is 5.91. The first-order chi connectivity index (χ1) is 11.7. The second-order valence-corrected chi connectivity index (χ2v) is 6.00. The summed E-state index contributed by atoms with van der Waals surface area (Å²) in [5.74, 6) is 0.0736. The van der Waals surface area contributed by atoms with E-state index in [9.17, 15) is 9.59 Å². The second kappa shape index (κ2) is 7.34. The molecular weight excluding hydrogens is 306 g/mol. The molecule has 5 heteroatoms. The fourth-order valence-corrected chi connectivity index (χ4v) is 2.85. The molecule has 1 saturated carbocycles. The number of furan rings is 1. The summed E-state index contributed by atoms with van der Waals surface area (Å²) in [6.45, 7) is 3.21. The zero-order chi connectivity index (χ0) is 16.9. The molecule has 0 saturated heterocycles. The Hall–Kier alpha value is -2.56. The van der Waals surface area contributed by atoms with Crippen molar-refractivity contribution in [3.05, 3.63) is 60.1 Å². The van der Waals surface area contributed by atoms with Crippen molar-refractivity contribution < 1.29 is 18.7 Å². The number of nitrogens with zero attached hydrogens (tertiary/aromatic N) is 1. The van der Waals surface area contributed by atoms with Crippen LogP contribution in [0.3, 0.4) is 0 Å². The highest BCUT2D eigenvalue weighted by atomic mass is 16.5. The molecule has 0 bridgehead atoms. The number of esters is 1. The van der Waals surface area contributed by atoms with Gasteiger partial charge in [-0.1, -0.05) is 30.3 Å². The van der Waals surface area contributed by atoms with E-state index in [1.807, 2.05) is 30.3 Å². The highest BCUT2D eigenvalue weighted by Gasteiger charge is 2.45. The average molecular weight is 327 g/mol. The van der Waals surface area contributed by atoms with E-state index >= 15 is 0 Å². The fraction of sp³-hybridized carbons (Fsp3) is 0.368. The van der Waals surface area contributed by atoms with Crippen LogP contribution in [0.15, 0.2) is 53.1 Å². The second-order valence-electron chi connectivity index (χ2n) is 6.00. The third-order valence-corrected chi connectivity index (χ3v) is 4.20. The lowest BCUT2D eigenvalue weighted by Gasteiger charge is -2.22. The standard InChI is InChI=1S/C19H21NO4/c1-2-23-19(22)16-11-15(16)13-20(12-14-7-4-3-5-8-14)18(21)17-9-6-10-24-17/h3-10,15-16H,2,11-13H2,1H3. The van der Waals surface area contributed by atoms with Gasteiger partial charge in [-0.2, -0.15) is 0 Å². The van der Waals surface area contributed by atoms with Crippen LogP contribution < -0.4 is 0 Å². The highest BCUT2D eigenvalue weighted by Crippen LogP contribution is 2.40. The van der Waals surface area contributed by atoms with Gasteiger partial charge in [-0.3, -0.25) is 9.59 Å². The topological polar surface area (TPSA) is 59.8 Å². The van der Waals surface area contributed by atoms with Gasteiger partial charge in [0, 0.05) is 13.1 Å². The molecule has 1 aliphatic rings. The Morgan fingerprint density at radius 2 is 2.00 bits per heavy atom. The van der Waals surface area contributed by atoms with E-state index in [0.29, 0.717) is 25.5 Å². The third kappa shape index (κ3) is 3.85. The monoisotopic (exact) mass is 327 g/mol. The Labute approximate surface area is 141 Å². The van der Waals surface area contributed by atoms with Crippen LogP contribution in [0, 0.1) is 11.8 Å². The molecule has 0 spiro atoms. The zero-order valence-corrected chi connectivity index (χ0v) is 13.7.